The normalized spacial score (nSPS) is 17.5. The number of aliphatic hydroxyl groups excluding tert-OH is 1. The molecular formula is C58H100N8O15. The number of rotatable bonds is 35. The number of ether oxygens (including phenoxy) is 6. The highest BCUT2D eigenvalue weighted by Crippen LogP contribution is 2.30. The van der Waals surface area contributed by atoms with E-state index in [9.17, 15) is 43.5 Å². The number of alkyl carbamates (subject to hydrolysis) is 1. The Labute approximate surface area is 481 Å². The highest BCUT2D eigenvalue weighted by Gasteiger charge is 2.43. The van der Waals surface area contributed by atoms with Gasteiger partial charge in [-0.3, -0.25) is 28.8 Å². The van der Waals surface area contributed by atoms with E-state index in [1.807, 2.05) is 99.6 Å². The summed E-state index contributed by atoms with van der Waals surface area (Å²) in [5.41, 5.74) is -0.257. The van der Waals surface area contributed by atoms with Crippen molar-refractivity contribution >= 4 is 47.5 Å². The van der Waals surface area contributed by atoms with Crippen LogP contribution in [0.25, 0.3) is 0 Å². The first-order valence-corrected chi connectivity index (χ1v) is 28.5. The van der Waals surface area contributed by atoms with Crippen LogP contribution in [0.15, 0.2) is 30.3 Å². The van der Waals surface area contributed by atoms with E-state index in [0.29, 0.717) is 25.8 Å². The van der Waals surface area contributed by atoms with Gasteiger partial charge in [-0.1, -0.05) is 92.1 Å². The third-order valence-corrected chi connectivity index (χ3v) is 14.4. The molecule has 23 heteroatoms. The molecule has 1 aliphatic rings. The summed E-state index contributed by atoms with van der Waals surface area (Å²) < 4.78 is 34.4. The van der Waals surface area contributed by atoms with Crippen LogP contribution in [0.5, 0.6) is 0 Å². The van der Waals surface area contributed by atoms with Crippen LogP contribution in [-0.4, -0.2) is 197 Å². The average Bonchev–Trinajstić information content (AvgIpc) is 3.91. The van der Waals surface area contributed by atoms with Gasteiger partial charge in [-0.2, -0.15) is 0 Å². The number of likely N-dealkylation sites (tertiary alicyclic amines) is 1. The van der Waals surface area contributed by atoms with Gasteiger partial charge in [-0.15, -0.1) is 0 Å². The highest BCUT2D eigenvalue weighted by atomic mass is 16.7. The molecule has 0 aliphatic carbocycles. The number of benzene rings is 1. The smallest absolute Gasteiger partial charge is 0.407 e. The Morgan fingerprint density at radius 3 is 2.07 bits per heavy atom. The van der Waals surface area contributed by atoms with Gasteiger partial charge < -0.3 is 75.2 Å². The van der Waals surface area contributed by atoms with Gasteiger partial charge in [0.1, 0.15) is 18.7 Å². The third-order valence-electron chi connectivity index (χ3n) is 14.4. The van der Waals surface area contributed by atoms with Gasteiger partial charge in [0.15, 0.2) is 6.29 Å². The first-order valence-electron chi connectivity index (χ1n) is 28.5. The van der Waals surface area contributed by atoms with Crippen molar-refractivity contribution in [2.45, 2.75) is 188 Å². The minimum absolute atomic E-state index is 0.00899. The fourth-order valence-corrected chi connectivity index (χ4v) is 9.60. The minimum atomic E-state index is -1.02. The molecule has 1 aromatic rings. The Morgan fingerprint density at radius 1 is 0.840 bits per heavy atom. The summed E-state index contributed by atoms with van der Waals surface area (Å²) in [7, 11) is 6.35. The number of nitrogens with zero attached hydrogens (tertiary/aromatic N) is 2. The molecule has 0 spiro atoms. The second-order valence-electron chi connectivity index (χ2n) is 23.3. The van der Waals surface area contributed by atoms with Crippen LogP contribution in [0.1, 0.15) is 127 Å². The Morgan fingerprint density at radius 2 is 1.51 bits per heavy atom. The van der Waals surface area contributed by atoms with Crippen molar-refractivity contribution in [1.29, 1.82) is 0 Å². The zero-order valence-electron chi connectivity index (χ0n) is 51.3. The molecule has 1 aliphatic heterocycles. The molecule has 0 saturated carbocycles. The number of amides is 7. The van der Waals surface area contributed by atoms with Gasteiger partial charge >= 0.3 is 12.1 Å². The molecule has 462 valence electrons. The maximum atomic E-state index is 14.3. The fourth-order valence-electron chi connectivity index (χ4n) is 9.60. The molecule has 1 aromatic carbocycles. The Bertz CT molecular complexity index is 2120. The van der Waals surface area contributed by atoms with Gasteiger partial charge in [0.2, 0.25) is 35.4 Å². The molecule has 0 aromatic heterocycles. The van der Waals surface area contributed by atoms with Crippen LogP contribution >= 0.6 is 0 Å². The first-order chi connectivity index (χ1) is 38.0. The monoisotopic (exact) mass is 1150 g/mol. The number of aliphatic hydroxyl groups is 1. The molecule has 23 nitrogen and oxygen atoms in total. The number of carbonyl (C=O) groups excluding carboxylic acids is 8. The quantitative estimate of drug-likeness (QED) is 0.0292. The maximum absolute atomic E-state index is 14.3. The number of methoxy groups -OCH3 is 2. The molecule has 11 atom stereocenters. The summed E-state index contributed by atoms with van der Waals surface area (Å²) in [4.78, 5) is 110. The van der Waals surface area contributed by atoms with Crippen molar-refractivity contribution in [2.75, 3.05) is 74.3 Å². The van der Waals surface area contributed by atoms with Gasteiger partial charge in [0.25, 0.3) is 0 Å². The largest absolute Gasteiger partial charge is 0.464 e. The predicted octanol–water partition coefficient (Wildman–Crippen LogP) is 3.23. The molecule has 2 rings (SSSR count). The summed E-state index contributed by atoms with van der Waals surface area (Å²) in [6, 6.07) is 5.72. The van der Waals surface area contributed by atoms with Crippen molar-refractivity contribution in [1.82, 2.24) is 41.7 Å². The first kappa shape index (κ1) is 71.6. The second kappa shape index (κ2) is 35.5. The predicted molar refractivity (Wildman–Crippen MR) is 305 cm³/mol. The summed E-state index contributed by atoms with van der Waals surface area (Å²) in [6.07, 6.45) is -1.72. The van der Waals surface area contributed by atoms with E-state index in [4.69, 9.17) is 28.4 Å². The molecule has 0 radical (unpaired) electrons. The van der Waals surface area contributed by atoms with Crippen molar-refractivity contribution in [3.63, 3.8) is 0 Å². The lowest BCUT2D eigenvalue weighted by Crippen LogP contribution is -2.55. The number of likely N-dealkylation sites (N-methyl/N-ethyl adjacent to an activating group) is 2. The lowest BCUT2D eigenvalue weighted by molar-refractivity contribution is -0.247. The number of nitrogens with one attached hydrogen (secondary N) is 6. The van der Waals surface area contributed by atoms with E-state index in [0.717, 1.165) is 5.56 Å². The van der Waals surface area contributed by atoms with Crippen LogP contribution in [0, 0.1) is 23.2 Å². The maximum Gasteiger partial charge on any atom is 0.407 e. The summed E-state index contributed by atoms with van der Waals surface area (Å²) in [5, 5.41) is 26.4. The van der Waals surface area contributed by atoms with E-state index < -0.39 is 102 Å². The fraction of sp³-hybridized carbons (Fsp3) is 0.759. The van der Waals surface area contributed by atoms with Crippen LogP contribution in [-0.2, 0) is 68.4 Å². The number of carbonyl (C=O) groups is 8. The standard InChI is InChI=1S/C58H100N8O15/c1-17-37(4)50(65(14)47(70)33-62-54(73)49(59-13)36(2)3)43(76-15)32-46(69)66-29-21-25-42(66)51(77-16)38(5)52(71)64-41(31-40-23-19-18-20-24-40)53(72)60-27-22-30-78-55(74)39(6)63-45(68)26-28-61-56(75)79-35-48(81-58(10,11)12)80-44(34-67)57(7,8)9/h18-20,23-24,36-39,41-44,48-51,59,67H,17,21-22,25-35H2,1-16H3,(H,60,72)(H,61,75)(H,62,73)(H,63,68)(H,64,71)/t37-,38+,39-,41+,42-,43+,44?,48?,49?,50?,51+/m0/s1. The van der Waals surface area contributed by atoms with Crippen molar-refractivity contribution in [2.24, 2.45) is 23.2 Å². The van der Waals surface area contributed by atoms with Gasteiger partial charge in [0.05, 0.1) is 74.1 Å². The molecule has 0 bridgehead atoms. The van der Waals surface area contributed by atoms with E-state index in [1.165, 1.54) is 21.1 Å². The van der Waals surface area contributed by atoms with Gasteiger partial charge in [-0.05, 0) is 76.8 Å². The zero-order chi connectivity index (χ0) is 61.2. The van der Waals surface area contributed by atoms with Crippen LogP contribution < -0.4 is 31.9 Å². The van der Waals surface area contributed by atoms with Crippen molar-refractivity contribution < 1.29 is 71.9 Å². The Kier molecular flexibility index (Phi) is 31.4. The van der Waals surface area contributed by atoms with Gasteiger partial charge in [0, 0.05) is 53.7 Å². The summed E-state index contributed by atoms with van der Waals surface area (Å²) in [6.45, 7) is 21.7. The second-order valence-corrected chi connectivity index (χ2v) is 23.3. The molecular weight excluding hydrogens is 1050 g/mol. The van der Waals surface area contributed by atoms with Gasteiger partial charge in [-0.25, -0.2) is 9.59 Å². The Balaban J connectivity index is 2.00. The number of hydrogen-bond acceptors (Lipinski definition) is 16. The summed E-state index contributed by atoms with van der Waals surface area (Å²) >= 11 is 0. The molecule has 81 heavy (non-hydrogen) atoms. The highest BCUT2D eigenvalue weighted by molar-refractivity contribution is 5.89. The number of esters is 1. The lowest BCUT2D eigenvalue weighted by atomic mass is 9.89. The Hall–Kier alpha value is -5.46. The van der Waals surface area contributed by atoms with Crippen LogP contribution in [0.4, 0.5) is 4.79 Å². The SMILES string of the molecule is CC[C@H](C)C([C@@H](CC(=O)N1CCC[C@H]1[C@H](OC)[C@@H](C)C(=O)N[C@H](Cc1ccccc1)C(=O)NCCCOC(=O)[C@H](C)NC(=O)CCNC(=O)OCC(OC(CO)C(C)(C)C)OC(C)(C)C)OC)N(C)C(=O)CNC(=O)C(NC)C(C)C. The number of hydrogen-bond donors (Lipinski definition) is 7. The molecule has 1 heterocycles. The summed E-state index contributed by atoms with van der Waals surface area (Å²) in [5.74, 6) is -3.87. The molecule has 1 fully saturated rings. The minimum Gasteiger partial charge on any atom is -0.464 e. The molecule has 1 saturated heterocycles. The van der Waals surface area contributed by atoms with E-state index in [1.54, 1.807) is 30.8 Å². The van der Waals surface area contributed by atoms with Crippen LogP contribution in [0.2, 0.25) is 0 Å². The van der Waals surface area contributed by atoms with Crippen LogP contribution in [0.3, 0.4) is 0 Å². The third kappa shape index (κ3) is 24.9. The zero-order valence-corrected chi connectivity index (χ0v) is 51.3. The topological polar surface area (TPSA) is 291 Å². The van der Waals surface area contributed by atoms with E-state index in [-0.39, 0.29) is 94.7 Å². The van der Waals surface area contributed by atoms with E-state index >= 15 is 0 Å². The van der Waals surface area contributed by atoms with Crippen molar-refractivity contribution in [3.8, 4) is 0 Å². The van der Waals surface area contributed by atoms with Crippen molar-refractivity contribution in [3.05, 3.63) is 35.9 Å². The lowest BCUT2D eigenvalue weighted by Gasteiger charge is -2.39. The average molecular weight is 1150 g/mol. The molecule has 7 N–H and O–H groups in total. The molecule has 7 amide bonds. The molecule has 4 unspecified atom stereocenters. The van der Waals surface area contributed by atoms with E-state index in [2.05, 4.69) is 31.9 Å².